The molecule has 0 saturated carbocycles. The second-order valence-electron chi connectivity index (χ2n) is 7.90. The van der Waals surface area contributed by atoms with Crippen LogP contribution in [0.25, 0.3) is 6.08 Å². The monoisotopic (exact) mass is 491 g/mol. The number of furan rings is 1. The summed E-state index contributed by atoms with van der Waals surface area (Å²) in [4.78, 5) is 48.6. The van der Waals surface area contributed by atoms with Gasteiger partial charge in [-0.15, -0.1) is 0 Å². The lowest BCUT2D eigenvalue weighted by molar-refractivity contribution is -0.386. The van der Waals surface area contributed by atoms with Crippen molar-refractivity contribution in [3.05, 3.63) is 98.6 Å². The first-order chi connectivity index (χ1) is 17.2. The van der Waals surface area contributed by atoms with E-state index in [4.69, 9.17) is 9.15 Å². The number of amides is 3. The summed E-state index contributed by atoms with van der Waals surface area (Å²) in [7, 11) is 1.20. The van der Waals surface area contributed by atoms with Crippen LogP contribution in [0.5, 0.6) is 5.75 Å². The standard InChI is InChI=1S/C25H21N3O8/c1-15-4-3-5-17(10-15)14-35-21-8-6-16(12-20(21)28(32)33)11-19-23(29)27(25(31)26-19)13-18-7-9-22(36-18)24(30)34-2/h3-12H,13-14H2,1-2H3,(H,26,31)/b19-11-. The van der Waals surface area contributed by atoms with Gasteiger partial charge in [0.15, 0.2) is 5.75 Å². The van der Waals surface area contributed by atoms with Crippen molar-refractivity contribution in [2.24, 2.45) is 0 Å². The smallest absolute Gasteiger partial charge is 0.373 e. The van der Waals surface area contributed by atoms with Gasteiger partial charge >= 0.3 is 17.7 Å². The molecule has 4 rings (SSSR count). The first-order valence-corrected chi connectivity index (χ1v) is 10.7. The summed E-state index contributed by atoms with van der Waals surface area (Å²) in [5.74, 6) is -1.13. The van der Waals surface area contributed by atoms with Crippen LogP contribution < -0.4 is 10.1 Å². The Morgan fingerprint density at radius 3 is 2.69 bits per heavy atom. The number of hydrogen-bond acceptors (Lipinski definition) is 8. The van der Waals surface area contributed by atoms with E-state index in [-0.39, 0.29) is 41.8 Å². The molecule has 1 fully saturated rings. The van der Waals surface area contributed by atoms with Crippen LogP contribution in [0.1, 0.15) is 33.0 Å². The number of benzene rings is 2. The molecule has 0 bridgehead atoms. The number of ether oxygens (including phenoxy) is 2. The fraction of sp³-hybridized carbons (Fsp3) is 0.160. The van der Waals surface area contributed by atoms with E-state index in [9.17, 15) is 24.5 Å². The number of esters is 1. The topological polar surface area (TPSA) is 141 Å². The van der Waals surface area contributed by atoms with Gasteiger partial charge in [0.25, 0.3) is 5.91 Å². The minimum absolute atomic E-state index is 0.0627. The Balaban J connectivity index is 1.50. The number of methoxy groups -OCH3 is 1. The van der Waals surface area contributed by atoms with Gasteiger partial charge in [-0.05, 0) is 42.3 Å². The predicted octanol–water partition coefficient (Wildman–Crippen LogP) is 3.95. The Kier molecular flexibility index (Phi) is 6.81. The van der Waals surface area contributed by atoms with Crippen LogP contribution in [0, 0.1) is 17.0 Å². The highest BCUT2D eigenvalue weighted by molar-refractivity contribution is 6.13. The molecule has 1 saturated heterocycles. The summed E-state index contributed by atoms with van der Waals surface area (Å²) in [5.41, 5.74) is 1.88. The number of nitrogens with zero attached hydrogens (tertiary/aromatic N) is 2. The fourth-order valence-corrected chi connectivity index (χ4v) is 3.56. The number of nitro benzene ring substituents is 1. The van der Waals surface area contributed by atoms with E-state index in [1.54, 1.807) is 6.07 Å². The Labute approximate surface area is 205 Å². The number of carbonyl (C=O) groups excluding carboxylic acids is 3. The predicted molar refractivity (Wildman–Crippen MR) is 126 cm³/mol. The number of nitro groups is 1. The molecule has 1 aliphatic heterocycles. The lowest BCUT2D eigenvalue weighted by Gasteiger charge is -2.09. The van der Waals surface area contributed by atoms with Gasteiger partial charge in [0.2, 0.25) is 5.76 Å². The summed E-state index contributed by atoms with van der Waals surface area (Å²) in [6.45, 7) is 1.87. The molecule has 0 aliphatic carbocycles. The van der Waals surface area contributed by atoms with Gasteiger partial charge in [-0.3, -0.25) is 19.8 Å². The Morgan fingerprint density at radius 2 is 1.97 bits per heavy atom. The summed E-state index contributed by atoms with van der Waals surface area (Å²) in [5, 5.41) is 14.1. The lowest BCUT2D eigenvalue weighted by Crippen LogP contribution is -2.30. The first kappa shape index (κ1) is 24.2. The zero-order chi connectivity index (χ0) is 25.8. The summed E-state index contributed by atoms with van der Waals surface area (Å²) >= 11 is 0. The van der Waals surface area contributed by atoms with Gasteiger partial charge in [0.1, 0.15) is 18.1 Å². The molecular weight excluding hydrogens is 470 g/mol. The quantitative estimate of drug-likeness (QED) is 0.164. The van der Waals surface area contributed by atoms with Gasteiger partial charge in [0.05, 0.1) is 18.6 Å². The van der Waals surface area contributed by atoms with Crippen LogP contribution in [-0.2, 0) is 22.7 Å². The van der Waals surface area contributed by atoms with Crippen molar-refractivity contribution in [1.82, 2.24) is 10.2 Å². The maximum absolute atomic E-state index is 12.8. The summed E-state index contributed by atoms with van der Waals surface area (Å²) in [6, 6.07) is 14.0. The van der Waals surface area contributed by atoms with E-state index in [0.29, 0.717) is 5.56 Å². The highest BCUT2D eigenvalue weighted by Crippen LogP contribution is 2.30. The number of carbonyl (C=O) groups is 3. The molecular formula is C25H21N3O8. The van der Waals surface area contributed by atoms with Crippen molar-refractivity contribution in [2.45, 2.75) is 20.1 Å². The fourth-order valence-electron chi connectivity index (χ4n) is 3.56. The third-order valence-corrected chi connectivity index (χ3v) is 5.29. The third kappa shape index (κ3) is 5.25. The van der Waals surface area contributed by atoms with E-state index in [0.717, 1.165) is 16.0 Å². The van der Waals surface area contributed by atoms with Crippen LogP contribution >= 0.6 is 0 Å². The molecule has 1 aromatic heterocycles. The maximum atomic E-state index is 12.8. The van der Waals surface area contributed by atoms with E-state index < -0.39 is 22.8 Å². The molecule has 184 valence electrons. The maximum Gasteiger partial charge on any atom is 0.373 e. The average Bonchev–Trinajstić information content (AvgIpc) is 3.43. The van der Waals surface area contributed by atoms with Crippen molar-refractivity contribution in [2.75, 3.05) is 7.11 Å². The van der Waals surface area contributed by atoms with Crippen LogP contribution in [0.15, 0.2) is 64.7 Å². The molecule has 11 nitrogen and oxygen atoms in total. The van der Waals surface area contributed by atoms with Gasteiger partial charge < -0.3 is 19.2 Å². The summed E-state index contributed by atoms with van der Waals surface area (Å²) < 4.78 is 15.5. The second-order valence-corrected chi connectivity index (χ2v) is 7.90. The number of nitrogens with one attached hydrogen (secondary N) is 1. The number of urea groups is 1. The highest BCUT2D eigenvalue weighted by Gasteiger charge is 2.34. The second kappa shape index (κ2) is 10.1. The SMILES string of the molecule is COC(=O)c1ccc(CN2C(=O)N/C(=C\c3ccc(OCc4cccc(C)c4)c([N+](=O)[O-])c3)C2=O)o1. The van der Waals surface area contributed by atoms with Crippen molar-refractivity contribution < 1.29 is 33.2 Å². The zero-order valence-corrected chi connectivity index (χ0v) is 19.3. The number of rotatable bonds is 8. The van der Waals surface area contributed by atoms with Crippen molar-refractivity contribution >= 4 is 29.7 Å². The van der Waals surface area contributed by atoms with Gasteiger partial charge in [-0.1, -0.05) is 35.9 Å². The molecule has 36 heavy (non-hydrogen) atoms. The molecule has 2 aromatic carbocycles. The van der Waals surface area contributed by atoms with E-state index >= 15 is 0 Å². The molecule has 1 aliphatic rings. The van der Waals surface area contributed by atoms with Gasteiger partial charge in [-0.25, -0.2) is 9.59 Å². The minimum atomic E-state index is -0.699. The van der Waals surface area contributed by atoms with Gasteiger partial charge in [-0.2, -0.15) is 0 Å². The Bertz CT molecular complexity index is 1390. The molecule has 11 heteroatoms. The van der Waals surface area contributed by atoms with Crippen molar-refractivity contribution in [3.63, 3.8) is 0 Å². The van der Waals surface area contributed by atoms with E-state index in [1.807, 2.05) is 31.2 Å². The Hall–Kier alpha value is -4.93. The molecule has 3 aromatic rings. The molecule has 3 amide bonds. The molecule has 1 N–H and O–H groups in total. The van der Waals surface area contributed by atoms with Crippen LogP contribution in [-0.4, -0.2) is 34.8 Å². The van der Waals surface area contributed by atoms with Crippen LogP contribution in [0.3, 0.4) is 0 Å². The van der Waals surface area contributed by atoms with Gasteiger partial charge in [0, 0.05) is 6.07 Å². The molecule has 2 heterocycles. The average molecular weight is 491 g/mol. The van der Waals surface area contributed by atoms with Crippen LogP contribution in [0.2, 0.25) is 0 Å². The highest BCUT2D eigenvalue weighted by atomic mass is 16.6. The molecule has 0 spiro atoms. The largest absolute Gasteiger partial charge is 0.482 e. The minimum Gasteiger partial charge on any atom is -0.482 e. The number of hydrogen-bond donors (Lipinski definition) is 1. The lowest BCUT2D eigenvalue weighted by atomic mass is 10.1. The zero-order valence-electron chi connectivity index (χ0n) is 19.3. The normalized spacial score (nSPS) is 14.2. The summed E-state index contributed by atoms with van der Waals surface area (Å²) in [6.07, 6.45) is 1.33. The number of imide groups is 1. The first-order valence-electron chi connectivity index (χ1n) is 10.7. The molecule has 0 atom stereocenters. The molecule has 0 unspecified atom stereocenters. The van der Waals surface area contributed by atoms with Crippen molar-refractivity contribution in [3.8, 4) is 5.75 Å². The van der Waals surface area contributed by atoms with E-state index in [2.05, 4.69) is 10.1 Å². The van der Waals surface area contributed by atoms with E-state index in [1.165, 1.54) is 37.5 Å². The Morgan fingerprint density at radius 1 is 1.17 bits per heavy atom. The van der Waals surface area contributed by atoms with Crippen LogP contribution in [0.4, 0.5) is 10.5 Å². The number of aryl methyl sites for hydroxylation is 1. The van der Waals surface area contributed by atoms with Crippen molar-refractivity contribution in [1.29, 1.82) is 0 Å². The molecule has 0 radical (unpaired) electrons. The third-order valence-electron chi connectivity index (χ3n) is 5.29.